The van der Waals surface area contributed by atoms with E-state index in [1.165, 1.54) is 6.42 Å². The standard InChI is InChI=1S/C23H22N2O3/c1-15-6-4-5-11-25(15)23(26)18-13-20(24-19-8-3-2-7-17(18)19)16-9-10-21-22(12-16)28-14-27-21/h2-3,7-10,12-13,15H,4-6,11,14H2,1H3/t15-/m1/s1. The molecule has 5 nitrogen and oxygen atoms in total. The van der Waals surface area contributed by atoms with E-state index >= 15 is 0 Å². The van der Waals surface area contributed by atoms with Crippen molar-refractivity contribution in [2.75, 3.05) is 13.3 Å². The Morgan fingerprint density at radius 2 is 1.93 bits per heavy atom. The van der Waals surface area contributed by atoms with Crippen molar-refractivity contribution in [2.45, 2.75) is 32.2 Å². The zero-order chi connectivity index (χ0) is 19.1. The highest BCUT2D eigenvalue weighted by Gasteiger charge is 2.26. The van der Waals surface area contributed by atoms with Crippen LogP contribution >= 0.6 is 0 Å². The molecule has 0 unspecified atom stereocenters. The zero-order valence-electron chi connectivity index (χ0n) is 15.9. The molecule has 28 heavy (non-hydrogen) atoms. The van der Waals surface area contributed by atoms with Gasteiger partial charge in [-0.2, -0.15) is 0 Å². The summed E-state index contributed by atoms with van der Waals surface area (Å²) in [4.78, 5) is 20.3. The van der Waals surface area contributed by atoms with Crippen LogP contribution in [0.5, 0.6) is 11.5 Å². The van der Waals surface area contributed by atoms with E-state index in [1.54, 1.807) is 0 Å². The topological polar surface area (TPSA) is 51.7 Å². The Kier molecular flexibility index (Phi) is 4.15. The van der Waals surface area contributed by atoms with Gasteiger partial charge in [0.1, 0.15) is 0 Å². The number of carbonyl (C=O) groups is 1. The Balaban J connectivity index is 1.63. The fraction of sp³-hybridized carbons (Fsp3) is 0.304. The van der Waals surface area contributed by atoms with E-state index < -0.39 is 0 Å². The first kappa shape index (κ1) is 17.0. The van der Waals surface area contributed by atoms with Gasteiger partial charge in [-0.15, -0.1) is 0 Å². The Bertz CT molecular complexity index is 1060. The zero-order valence-corrected chi connectivity index (χ0v) is 15.9. The summed E-state index contributed by atoms with van der Waals surface area (Å²) < 4.78 is 10.9. The van der Waals surface area contributed by atoms with Crippen LogP contribution in [-0.2, 0) is 0 Å². The average Bonchev–Trinajstić information content (AvgIpc) is 3.20. The van der Waals surface area contributed by atoms with Crippen LogP contribution in [0.4, 0.5) is 0 Å². The molecule has 0 radical (unpaired) electrons. The minimum Gasteiger partial charge on any atom is -0.454 e. The van der Waals surface area contributed by atoms with Crippen LogP contribution in [0.3, 0.4) is 0 Å². The van der Waals surface area contributed by atoms with Gasteiger partial charge < -0.3 is 14.4 Å². The molecular weight excluding hydrogens is 352 g/mol. The largest absolute Gasteiger partial charge is 0.454 e. The average molecular weight is 374 g/mol. The van der Waals surface area contributed by atoms with Crippen molar-refractivity contribution >= 4 is 16.8 Å². The van der Waals surface area contributed by atoms with Crippen LogP contribution in [0.25, 0.3) is 22.2 Å². The number of fused-ring (bicyclic) bond motifs is 2. The van der Waals surface area contributed by atoms with Gasteiger partial charge in [0.15, 0.2) is 11.5 Å². The highest BCUT2D eigenvalue weighted by Crippen LogP contribution is 2.36. The third-order valence-corrected chi connectivity index (χ3v) is 5.68. The van der Waals surface area contributed by atoms with E-state index in [0.717, 1.165) is 47.3 Å². The third kappa shape index (κ3) is 2.87. The Hall–Kier alpha value is -3.08. The summed E-state index contributed by atoms with van der Waals surface area (Å²) in [7, 11) is 0. The molecule has 0 saturated carbocycles. The summed E-state index contributed by atoms with van der Waals surface area (Å²) in [6.45, 7) is 3.19. The maximum Gasteiger partial charge on any atom is 0.254 e. The lowest BCUT2D eigenvalue weighted by Crippen LogP contribution is -2.42. The molecule has 3 heterocycles. The number of benzene rings is 2. The molecule has 0 bridgehead atoms. The normalized spacial score (nSPS) is 18.5. The number of pyridine rings is 1. The van der Waals surface area contributed by atoms with Gasteiger partial charge in [-0.1, -0.05) is 18.2 Å². The summed E-state index contributed by atoms with van der Waals surface area (Å²) in [5, 5.41) is 0.898. The third-order valence-electron chi connectivity index (χ3n) is 5.68. The molecule has 1 aromatic heterocycles. The second-order valence-corrected chi connectivity index (χ2v) is 7.48. The number of aromatic nitrogens is 1. The quantitative estimate of drug-likeness (QED) is 0.655. The van der Waals surface area contributed by atoms with Gasteiger partial charge in [0, 0.05) is 23.5 Å². The lowest BCUT2D eigenvalue weighted by Gasteiger charge is -2.33. The molecule has 1 atom stereocenters. The highest BCUT2D eigenvalue weighted by molar-refractivity contribution is 6.07. The molecular formula is C23H22N2O3. The van der Waals surface area contributed by atoms with Gasteiger partial charge in [0.05, 0.1) is 16.8 Å². The number of rotatable bonds is 2. The SMILES string of the molecule is C[C@@H]1CCCCN1C(=O)c1cc(-c2ccc3c(c2)OCO3)nc2ccccc12. The molecule has 142 valence electrons. The second-order valence-electron chi connectivity index (χ2n) is 7.48. The van der Waals surface area contributed by atoms with Crippen LogP contribution in [0.2, 0.25) is 0 Å². The lowest BCUT2D eigenvalue weighted by atomic mass is 9.99. The Labute approximate surface area is 163 Å². The van der Waals surface area contributed by atoms with E-state index in [0.29, 0.717) is 11.3 Å². The van der Waals surface area contributed by atoms with Gasteiger partial charge >= 0.3 is 0 Å². The minimum atomic E-state index is 0.0905. The summed E-state index contributed by atoms with van der Waals surface area (Å²) in [5.74, 6) is 1.54. The lowest BCUT2D eigenvalue weighted by molar-refractivity contribution is 0.0637. The number of para-hydroxylation sites is 1. The number of carbonyl (C=O) groups excluding carboxylic acids is 1. The maximum atomic E-state index is 13.4. The first-order valence-electron chi connectivity index (χ1n) is 9.81. The van der Waals surface area contributed by atoms with E-state index in [2.05, 4.69) is 6.92 Å². The van der Waals surface area contributed by atoms with Crippen molar-refractivity contribution in [2.24, 2.45) is 0 Å². The molecule has 0 aliphatic carbocycles. The number of hydrogen-bond donors (Lipinski definition) is 0. The molecule has 5 heteroatoms. The number of ether oxygens (including phenoxy) is 2. The van der Waals surface area contributed by atoms with Gasteiger partial charge in [-0.3, -0.25) is 4.79 Å². The number of likely N-dealkylation sites (tertiary alicyclic amines) is 1. The minimum absolute atomic E-state index is 0.0905. The molecule has 3 aromatic rings. The molecule has 2 aliphatic rings. The van der Waals surface area contributed by atoms with E-state index in [9.17, 15) is 4.79 Å². The Morgan fingerprint density at radius 3 is 2.82 bits per heavy atom. The molecule has 5 rings (SSSR count). The first-order valence-corrected chi connectivity index (χ1v) is 9.81. The van der Waals surface area contributed by atoms with Crippen molar-refractivity contribution in [1.82, 2.24) is 9.88 Å². The summed E-state index contributed by atoms with van der Waals surface area (Å²) in [6.07, 6.45) is 3.31. The van der Waals surface area contributed by atoms with Crippen molar-refractivity contribution < 1.29 is 14.3 Å². The first-order chi connectivity index (χ1) is 13.7. The fourth-order valence-corrected chi connectivity index (χ4v) is 4.11. The summed E-state index contributed by atoms with van der Waals surface area (Å²) in [5.41, 5.74) is 3.22. The predicted octanol–water partition coefficient (Wildman–Crippen LogP) is 4.65. The van der Waals surface area contributed by atoms with Gasteiger partial charge in [-0.25, -0.2) is 4.98 Å². The van der Waals surface area contributed by atoms with Crippen molar-refractivity contribution in [3.63, 3.8) is 0 Å². The predicted molar refractivity (Wildman–Crippen MR) is 108 cm³/mol. The van der Waals surface area contributed by atoms with Crippen LogP contribution < -0.4 is 9.47 Å². The van der Waals surface area contributed by atoms with Crippen molar-refractivity contribution in [3.8, 4) is 22.8 Å². The van der Waals surface area contributed by atoms with Crippen molar-refractivity contribution in [3.05, 3.63) is 54.1 Å². The van der Waals surface area contributed by atoms with Crippen molar-refractivity contribution in [1.29, 1.82) is 0 Å². The molecule has 0 N–H and O–H groups in total. The number of piperidine rings is 1. The molecule has 1 saturated heterocycles. The number of amides is 1. The molecule has 1 amide bonds. The Morgan fingerprint density at radius 1 is 1.07 bits per heavy atom. The number of nitrogens with zero attached hydrogens (tertiary/aromatic N) is 2. The van der Waals surface area contributed by atoms with E-state index in [1.807, 2.05) is 53.4 Å². The van der Waals surface area contributed by atoms with Crippen LogP contribution in [0.1, 0.15) is 36.5 Å². The van der Waals surface area contributed by atoms with Crippen LogP contribution in [0, 0.1) is 0 Å². The number of hydrogen-bond acceptors (Lipinski definition) is 4. The maximum absolute atomic E-state index is 13.4. The fourth-order valence-electron chi connectivity index (χ4n) is 4.11. The molecule has 0 spiro atoms. The second kappa shape index (κ2) is 6.82. The molecule has 2 aromatic carbocycles. The smallest absolute Gasteiger partial charge is 0.254 e. The van der Waals surface area contributed by atoms with Gasteiger partial charge in [0.2, 0.25) is 6.79 Å². The van der Waals surface area contributed by atoms with Gasteiger partial charge in [-0.05, 0) is 56.5 Å². The van der Waals surface area contributed by atoms with E-state index in [-0.39, 0.29) is 18.7 Å². The monoisotopic (exact) mass is 374 g/mol. The summed E-state index contributed by atoms with van der Waals surface area (Å²) in [6, 6.07) is 15.8. The van der Waals surface area contributed by atoms with Crippen LogP contribution in [-0.4, -0.2) is 35.2 Å². The van der Waals surface area contributed by atoms with E-state index in [4.69, 9.17) is 14.5 Å². The highest BCUT2D eigenvalue weighted by atomic mass is 16.7. The molecule has 2 aliphatic heterocycles. The summed E-state index contributed by atoms with van der Waals surface area (Å²) >= 11 is 0. The van der Waals surface area contributed by atoms with Gasteiger partial charge in [0.25, 0.3) is 5.91 Å². The van der Waals surface area contributed by atoms with Crippen LogP contribution in [0.15, 0.2) is 48.5 Å². The molecule has 1 fully saturated rings.